The van der Waals surface area contributed by atoms with E-state index in [0.717, 1.165) is 16.6 Å². The van der Waals surface area contributed by atoms with Gasteiger partial charge in [0.05, 0.1) is 30.5 Å². The minimum Gasteiger partial charge on any atom is -0.495 e. The first kappa shape index (κ1) is 20.3. The molecule has 1 heterocycles. The standard InChI is InChI=1S/C19H14BrF3N2O2S/c1-27-16-7-6-13(20)8-15(16)25-17(26)9-14-10-28-18(24-14)11-2-4-12(5-3-11)19(21,22)23/h2-8,10H,9H2,1H3,(H,25,26). The molecule has 0 aliphatic heterocycles. The molecule has 146 valence electrons. The Kier molecular flexibility index (Phi) is 6.04. The van der Waals surface area contributed by atoms with E-state index in [-0.39, 0.29) is 12.3 Å². The number of aromatic nitrogens is 1. The van der Waals surface area contributed by atoms with Crippen LogP contribution in [0.25, 0.3) is 10.6 Å². The van der Waals surface area contributed by atoms with Gasteiger partial charge in [0.15, 0.2) is 0 Å². The van der Waals surface area contributed by atoms with Crippen molar-refractivity contribution in [3.63, 3.8) is 0 Å². The van der Waals surface area contributed by atoms with Crippen molar-refractivity contribution in [2.24, 2.45) is 0 Å². The molecule has 3 aromatic rings. The molecule has 0 aliphatic carbocycles. The fourth-order valence-electron chi connectivity index (χ4n) is 2.46. The summed E-state index contributed by atoms with van der Waals surface area (Å²) in [7, 11) is 1.51. The Labute approximate surface area is 171 Å². The number of halogens is 4. The van der Waals surface area contributed by atoms with Crippen molar-refractivity contribution in [2.45, 2.75) is 12.6 Å². The lowest BCUT2D eigenvalue weighted by atomic mass is 10.1. The van der Waals surface area contributed by atoms with Crippen molar-refractivity contribution in [1.29, 1.82) is 0 Å². The first-order valence-electron chi connectivity index (χ1n) is 8.01. The van der Waals surface area contributed by atoms with Gasteiger partial charge in [-0.2, -0.15) is 13.2 Å². The molecule has 1 aromatic heterocycles. The number of thiazole rings is 1. The molecular weight excluding hydrogens is 457 g/mol. The van der Waals surface area contributed by atoms with Gasteiger partial charge in [0.1, 0.15) is 10.8 Å². The number of hydrogen-bond donors (Lipinski definition) is 1. The van der Waals surface area contributed by atoms with Crippen LogP contribution in [0.3, 0.4) is 0 Å². The fraction of sp³-hybridized carbons (Fsp3) is 0.158. The van der Waals surface area contributed by atoms with Gasteiger partial charge in [-0.25, -0.2) is 4.98 Å². The summed E-state index contributed by atoms with van der Waals surface area (Å²) in [5.74, 6) is 0.251. The third-order valence-corrected chi connectivity index (χ3v) is 5.22. The predicted octanol–water partition coefficient (Wildman–Crippen LogP) is 5.78. The zero-order chi connectivity index (χ0) is 20.3. The van der Waals surface area contributed by atoms with E-state index in [2.05, 4.69) is 26.2 Å². The third-order valence-electron chi connectivity index (χ3n) is 3.79. The lowest BCUT2D eigenvalue weighted by Crippen LogP contribution is -2.15. The highest BCUT2D eigenvalue weighted by Gasteiger charge is 2.30. The summed E-state index contributed by atoms with van der Waals surface area (Å²) in [6.07, 6.45) is -4.34. The molecule has 0 saturated heterocycles. The normalized spacial score (nSPS) is 11.3. The minimum atomic E-state index is -4.38. The van der Waals surface area contributed by atoms with Gasteiger partial charge in [-0.05, 0) is 30.3 Å². The van der Waals surface area contributed by atoms with Gasteiger partial charge in [0.2, 0.25) is 5.91 Å². The van der Waals surface area contributed by atoms with E-state index in [0.29, 0.717) is 27.7 Å². The molecular formula is C19H14BrF3N2O2S. The Bertz CT molecular complexity index is 988. The molecule has 0 unspecified atom stereocenters. The Morgan fingerprint density at radius 2 is 1.93 bits per heavy atom. The summed E-state index contributed by atoms with van der Waals surface area (Å²) in [6.45, 7) is 0. The maximum atomic E-state index is 12.7. The average molecular weight is 471 g/mol. The number of anilines is 1. The molecule has 0 atom stereocenters. The maximum absolute atomic E-state index is 12.7. The highest BCUT2D eigenvalue weighted by atomic mass is 79.9. The zero-order valence-electron chi connectivity index (χ0n) is 14.5. The number of benzene rings is 2. The lowest BCUT2D eigenvalue weighted by Gasteiger charge is -2.10. The second-order valence-electron chi connectivity index (χ2n) is 5.79. The summed E-state index contributed by atoms with van der Waals surface area (Å²) >= 11 is 4.61. The van der Waals surface area contributed by atoms with Crippen LogP contribution in [0.15, 0.2) is 52.3 Å². The molecule has 3 rings (SSSR count). The number of nitrogens with one attached hydrogen (secondary N) is 1. The summed E-state index contributed by atoms with van der Waals surface area (Å²) in [4.78, 5) is 16.7. The van der Waals surface area contributed by atoms with Crippen molar-refractivity contribution in [1.82, 2.24) is 4.98 Å². The number of alkyl halides is 3. The summed E-state index contributed by atoms with van der Waals surface area (Å²) in [6, 6.07) is 10.0. The van der Waals surface area contributed by atoms with Crippen molar-refractivity contribution in [3.8, 4) is 16.3 Å². The summed E-state index contributed by atoms with van der Waals surface area (Å²) < 4.78 is 44.0. The second kappa shape index (κ2) is 8.32. The minimum absolute atomic E-state index is 0.0345. The van der Waals surface area contributed by atoms with Gasteiger partial charge in [-0.15, -0.1) is 11.3 Å². The third kappa shape index (κ3) is 4.90. The number of hydrogen-bond acceptors (Lipinski definition) is 4. The SMILES string of the molecule is COc1ccc(Br)cc1NC(=O)Cc1csc(-c2ccc(C(F)(F)F)cc2)n1. The van der Waals surface area contributed by atoms with Crippen LogP contribution in [0.1, 0.15) is 11.3 Å². The Morgan fingerprint density at radius 1 is 1.21 bits per heavy atom. The van der Waals surface area contributed by atoms with Crippen LogP contribution in [0.4, 0.5) is 18.9 Å². The van der Waals surface area contributed by atoms with E-state index in [9.17, 15) is 18.0 Å². The number of nitrogens with zero attached hydrogens (tertiary/aromatic N) is 1. The number of methoxy groups -OCH3 is 1. The Balaban J connectivity index is 1.69. The average Bonchev–Trinajstić information content (AvgIpc) is 3.09. The largest absolute Gasteiger partial charge is 0.495 e. The fourth-order valence-corrected chi connectivity index (χ4v) is 3.65. The predicted molar refractivity (Wildman–Crippen MR) is 106 cm³/mol. The van der Waals surface area contributed by atoms with Gasteiger partial charge >= 0.3 is 6.18 Å². The van der Waals surface area contributed by atoms with Crippen LogP contribution in [-0.2, 0) is 17.4 Å². The van der Waals surface area contributed by atoms with Gasteiger partial charge in [-0.1, -0.05) is 28.1 Å². The number of amides is 1. The number of rotatable bonds is 5. The number of carbonyl (C=O) groups is 1. The number of ether oxygens (including phenoxy) is 1. The molecule has 0 aliphatic rings. The van der Waals surface area contributed by atoms with E-state index in [1.807, 2.05) is 0 Å². The lowest BCUT2D eigenvalue weighted by molar-refractivity contribution is -0.137. The summed E-state index contributed by atoms with van der Waals surface area (Å²) in [5.41, 5.74) is 0.917. The maximum Gasteiger partial charge on any atom is 0.416 e. The van der Waals surface area contributed by atoms with Crippen LogP contribution in [0.2, 0.25) is 0 Å². The van der Waals surface area contributed by atoms with Crippen molar-refractivity contribution in [3.05, 3.63) is 63.6 Å². The van der Waals surface area contributed by atoms with Gasteiger partial charge in [0, 0.05) is 15.4 Å². The molecule has 0 fully saturated rings. The monoisotopic (exact) mass is 470 g/mol. The first-order chi connectivity index (χ1) is 13.3. The smallest absolute Gasteiger partial charge is 0.416 e. The molecule has 0 saturated carbocycles. The van der Waals surface area contributed by atoms with Crippen LogP contribution >= 0.6 is 27.3 Å². The highest BCUT2D eigenvalue weighted by Crippen LogP contribution is 2.32. The van der Waals surface area contributed by atoms with Crippen LogP contribution < -0.4 is 10.1 Å². The van der Waals surface area contributed by atoms with Gasteiger partial charge < -0.3 is 10.1 Å². The van der Waals surface area contributed by atoms with E-state index in [1.165, 1.54) is 30.6 Å². The second-order valence-corrected chi connectivity index (χ2v) is 7.56. The van der Waals surface area contributed by atoms with Gasteiger partial charge in [-0.3, -0.25) is 4.79 Å². The number of carbonyl (C=O) groups excluding carboxylic acids is 1. The van der Waals surface area contributed by atoms with Crippen LogP contribution in [-0.4, -0.2) is 18.0 Å². The molecule has 9 heteroatoms. The molecule has 1 N–H and O–H groups in total. The molecule has 4 nitrogen and oxygen atoms in total. The van der Waals surface area contributed by atoms with Crippen LogP contribution in [0, 0.1) is 0 Å². The molecule has 0 radical (unpaired) electrons. The molecule has 1 amide bonds. The zero-order valence-corrected chi connectivity index (χ0v) is 16.9. The molecule has 28 heavy (non-hydrogen) atoms. The highest BCUT2D eigenvalue weighted by molar-refractivity contribution is 9.10. The van der Waals surface area contributed by atoms with E-state index in [1.54, 1.807) is 23.6 Å². The van der Waals surface area contributed by atoms with Gasteiger partial charge in [0.25, 0.3) is 0 Å². The Hall–Kier alpha value is -2.39. The Morgan fingerprint density at radius 3 is 2.57 bits per heavy atom. The molecule has 0 bridgehead atoms. The van der Waals surface area contributed by atoms with E-state index >= 15 is 0 Å². The first-order valence-corrected chi connectivity index (χ1v) is 9.69. The van der Waals surface area contributed by atoms with Crippen molar-refractivity contribution >= 4 is 38.9 Å². The topological polar surface area (TPSA) is 51.2 Å². The van der Waals surface area contributed by atoms with Crippen molar-refractivity contribution in [2.75, 3.05) is 12.4 Å². The summed E-state index contributed by atoms with van der Waals surface area (Å²) in [5, 5.41) is 5.03. The molecule has 0 spiro atoms. The van der Waals surface area contributed by atoms with Crippen LogP contribution in [0.5, 0.6) is 5.75 Å². The van der Waals surface area contributed by atoms with E-state index in [4.69, 9.17) is 4.74 Å². The molecule has 2 aromatic carbocycles. The van der Waals surface area contributed by atoms with Crippen molar-refractivity contribution < 1.29 is 22.7 Å². The quantitative estimate of drug-likeness (QED) is 0.513. The van der Waals surface area contributed by atoms with E-state index < -0.39 is 11.7 Å².